The van der Waals surface area contributed by atoms with E-state index in [1.165, 1.54) is 12.1 Å². The first kappa shape index (κ1) is 15.3. The van der Waals surface area contributed by atoms with E-state index in [-0.39, 0.29) is 28.6 Å². The van der Waals surface area contributed by atoms with Crippen LogP contribution in [0.4, 0.5) is 23.7 Å². The molecule has 1 aliphatic heterocycles. The van der Waals surface area contributed by atoms with Crippen LogP contribution < -0.4 is 5.32 Å². The number of halogens is 5. The second kappa shape index (κ2) is 5.33. The lowest BCUT2D eigenvalue weighted by Crippen LogP contribution is -2.50. The van der Waals surface area contributed by atoms with Gasteiger partial charge in [-0.15, -0.1) is 11.6 Å². The van der Waals surface area contributed by atoms with Gasteiger partial charge < -0.3 is 4.74 Å². The number of nitrogens with one attached hydrogen (secondary N) is 1. The topological polar surface area (TPSA) is 38.3 Å². The fourth-order valence-corrected chi connectivity index (χ4v) is 2.47. The number of amides is 1. The Morgan fingerprint density at radius 1 is 1.35 bits per heavy atom. The molecule has 0 aromatic heterocycles. The lowest BCUT2D eigenvalue weighted by atomic mass is 9.86. The second-order valence-corrected chi connectivity index (χ2v) is 5.14. The zero-order valence-corrected chi connectivity index (χ0v) is 11.6. The maximum absolute atomic E-state index is 13.5. The monoisotopic (exact) mass is 327 g/mol. The molecule has 2 rings (SSSR count). The van der Waals surface area contributed by atoms with Gasteiger partial charge in [-0.25, -0.2) is 4.79 Å². The summed E-state index contributed by atoms with van der Waals surface area (Å²) >= 11 is 11.2. The van der Waals surface area contributed by atoms with E-state index >= 15 is 0 Å². The van der Waals surface area contributed by atoms with Gasteiger partial charge >= 0.3 is 12.3 Å². The minimum Gasteiger partial charge on any atom is -0.428 e. The smallest absolute Gasteiger partial charge is 0.428 e. The normalized spacial score (nSPS) is 21.9. The van der Waals surface area contributed by atoms with Crippen molar-refractivity contribution in [2.45, 2.75) is 24.6 Å². The summed E-state index contributed by atoms with van der Waals surface area (Å²) in [5.41, 5.74) is -2.88. The van der Waals surface area contributed by atoms with Crippen molar-refractivity contribution in [3.63, 3.8) is 0 Å². The van der Waals surface area contributed by atoms with Crippen LogP contribution in [0.3, 0.4) is 0 Å². The van der Waals surface area contributed by atoms with E-state index in [4.69, 9.17) is 23.2 Å². The van der Waals surface area contributed by atoms with Gasteiger partial charge in [-0.05, 0) is 24.6 Å². The fourth-order valence-electron chi connectivity index (χ4n) is 2.16. The van der Waals surface area contributed by atoms with E-state index in [9.17, 15) is 18.0 Å². The lowest BCUT2D eigenvalue weighted by Gasteiger charge is -2.39. The molecule has 1 atom stereocenters. The van der Waals surface area contributed by atoms with Gasteiger partial charge in [0.25, 0.3) is 0 Å². The number of cyclic esters (lactones) is 1. The Kier molecular flexibility index (Phi) is 4.07. The first-order valence-corrected chi connectivity index (χ1v) is 6.64. The highest BCUT2D eigenvalue weighted by molar-refractivity contribution is 6.30. The Labute approximate surface area is 123 Å². The molecule has 0 fully saturated rings. The van der Waals surface area contributed by atoms with Gasteiger partial charge in [0.15, 0.2) is 0 Å². The number of hydrogen-bond acceptors (Lipinski definition) is 2. The summed E-state index contributed by atoms with van der Waals surface area (Å²) in [6.45, 7) is 0. The van der Waals surface area contributed by atoms with Crippen LogP contribution in [0.1, 0.15) is 18.4 Å². The average Bonchev–Trinajstić information content (AvgIpc) is 2.35. The summed E-state index contributed by atoms with van der Waals surface area (Å²) in [6, 6.07) is 3.87. The molecule has 0 saturated heterocycles. The third-order valence-electron chi connectivity index (χ3n) is 3.04. The second-order valence-electron chi connectivity index (χ2n) is 4.32. The van der Waals surface area contributed by atoms with Gasteiger partial charge in [-0.1, -0.05) is 11.6 Å². The van der Waals surface area contributed by atoms with E-state index < -0.39 is 24.3 Å². The van der Waals surface area contributed by atoms with Crippen LogP contribution in [0.5, 0.6) is 0 Å². The van der Waals surface area contributed by atoms with Crippen molar-refractivity contribution in [3.8, 4) is 0 Å². The molecule has 1 heterocycles. The maximum atomic E-state index is 13.5. The molecule has 1 N–H and O–H groups in total. The number of carbonyl (C=O) groups excluding carboxylic acids is 1. The maximum Gasteiger partial charge on any atom is 0.432 e. The van der Waals surface area contributed by atoms with Crippen molar-refractivity contribution in [2.24, 2.45) is 0 Å². The highest BCUT2D eigenvalue weighted by atomic mass is 35.5. The fraction of sp³-hybridized carbons (Fsp3) is 0.417. The molecule has 0 radical (unpaired) electrons. The van der Waals surface area contributed by atoms with Gasteiger partial charge in [0.2, 0.25) is 5.60 Å². The van der Waals surface area contributed by atoms with Gasteiger partial charge in [-0.2, -0.15) is 13.2 Å². The van der Waals surface area contributed by atoms with Crippen molar-refractivity contribution < 1.29 is 22.7 Å². The van der Waals surface area contributed by atoms with E-state index in [1.807, 2.05) is 0 Å². The minimum atomic E-state index is -4.77. The largest absolute Gasteiger partial charge is 0.432 e. The highest BCUT2D eigenvalue weighted by Gasteiger charge is 2.61. The Bertz CT molecular complexity index is 536. The predicted octanol–water partition coefficient (Wildman–Crippen LogP) is 4.68. The summed E-state index contributed by atoms with van der Waals surface area (Å²) in [6.07, 6.45) is -6.33. The first-order valence-electron chi connectivity index (χ1n) is 5.73. The highest BCUT2D eigenvalue weighted by Crippen LogP contribution is 2.50. The van der Waals surface area contributed by atoms with Crippen molar-refractivity contribution >= 4 is 35.0 Å². The average molecular weight is 328 g/mol. The standard InChI is InChI=1S/C12H10Cl2F3NO2/c13-5-1-4-11(12(15,16)17)8-6-7(14)2-3-9(8)18-10(19)20-11/h2-3,6H,1,4-5H2,(H,18,19). The van der Waals surface area contributed by atoms with Crippen molar-refractivity contribution in [1.29, 1.82) is 0 Å². The number of rotatable bonds is 3. The molecule has 3 nitrogen and oxygen atoms in total. The molecular formula is C12H10Cl2F3NO2. The summed E-state index contributed by atoms with van der Waals surface area (Å²) in [5.74, 6) is 0.0265. The van der Waals surface area contributed by atoms with Crippen molar-refractivity contribution in [3.05, 3.63) is 28.8 Å². The van der Waals surface area contributed by atoms with Crippen LogP contribution >= 0.6 is 23.2 Å². The molecule has 1 aromatic carbocycles. The third-order valence-corrected chi connectivity index (χ3v) is 3.54. The molecule has 20 heavy (non-hydrogen) atoms. The van der Waals surface area contributed by atoms with Gasteiger partial charge in [0.05, 0.1) is 5.69 Å². The molecule has 0 aliphatic carbocycles. The van der Waals surface area contributed by atoms with Crippen molar-refractivity contribution in [1.82, 2.24) is 0 Å². The van der Waals surface area contributed by atoms with E-state index in [2.05, 4.69) is 10.1 Å². The van der Waals surface area contributed by atoms with Gasteiger partial charge in [-0.3, -0.25) is 5.32 Å². The Hall–Kier alpha value is -1.14. The molecule has 1 unspecified atom stereocenters. The Morgan fingerprint density at radius 2 is 2.05 bits per heavy atom. The third kappa shape index (κ3) is 2.54. The van der Waals surface area contributed by atoms with Gasteiger partial charge in [0, 0.05) is 22.9 Å². The summed E-state index contributed by atoms with van der Waals surface area (Å²) in [7, 11) is 0. The molecule has 1 aliphatic rings. The number of alkyl halides is 4. The molecular weight excluding hydrogens is 318 g/mol. The molecule has 1 aromatic rings. The molecule has 0 spiro atoms. The minimum absolute atomic E-state index is 0.0265. The van der Waals surface area contributed by atoms with E-state index in [0.29, 0.717) is 0 Å². The molecule has 110 valence electrons. The molecule has 0 saturated carbocycles. The number of fused-ring (bicyclic) bond motifs is 1. The number of benzene rings is 1. The van der Waals surface area contributed by atoms with Crippen molar-refractivity contribution in [2.75, 3.05) is 11.2 Å². The van der Waals surface area contributed by atoms with E-state index in [1.54, 1.807) is 0 Å². The zero-order valence-electron chi connectivity index (χ0n) is 10.1. The number of anilines is 1. The van der Waals surface area contributed by atoms with Crippen LogP contribution in [-0.2, 0) is 10.3 Å². The summed E-state index contributed by atoms with van der Waals surface area (Å²) < 4.78 is 45.2. The first-order chi connectivity index (χ1) is 9.30. The van der Waals surface area contributed by atoms with Crippen LogP contribution in [0.15, 0.2) is 18.2 Å². The quantitative estimate of drug-likeness (QED) is 0.818. The Morgan fingerprint density at radius 3 is 2.65 bits per heavy atom. The van der Waals surface area contributed by atoms with E-state index in [0.717, 1.165) is 6.07 Å². The number of hydrogen-bond donors (Lipinski definition) is 1. The van der Waals surface area contributed by atoms with Crippen LogP contribution in [0, 0.1) is 0 Å². The number of ether oxygens (including phenoxy) is 1. The van der Waals surface area contributed by atoms with Crippen LogP contribution in [0.2, 0.25) is 5.02 Å². The summed E-state index contributed by atoms with van der Waals surface area (Å²) in [5, 5.41) is 2.37. The molecule has 0 bridgehead atoms. The SMILES string of the molecule is O=C1Nc2ccc(Cl)cc2C(CCCCl)(C(F)(F)F)O1. The molecule has 1 amide bonds. The van der Waals surface area contributed by atoms with Crippen LogP contribution in [0.25, 0.3) is 0 Å². The van der Waals surface area contributed by atoms with Crippen LogP contribution in [-0.4, -0.2) is 18.1 Å². The molecule has 8 heteroatoms. The number of carbonyl (C=O) groups is 1. The Balaban J connectivity index is 2.61. The summed E-state index contributed by atoms with van der Waals surface area (Å²) in [4.78, 5) is 11.4. The zero-order chi connectivity index (χ0) is 15.0. The lowest BCUT2D eigenvalue weighted by molar-refractivity contribution is -0.267. The van der Waals surface area contributed by atoms with Gasteiger partial charge in [0.1, 0.15) is 0 Å². The predicted molar refractivity (Wildman–Crippen MR) is 69.2 cm³/mol.